The number of hydrogen-bond donors (Lipinski definition) is 1. The molecule has 2 aliphatic heterocycles. The van der Waals surface area contributed by atoms with Crippen molar-refractivity contribution >= 4 is 17.7 Å². The number of rotatable bonds is 5. The van der Waals surface area contributed by atoms with Crippen LogP contribution in [0.3, 0.4) is 0 Å². The molecule has 0 atom stereocenters. The zero-order chi connectivity index (χ0) is 19.5. The first-order valence-electron chi connectivity index (χ1n) is 9.16. The maximum absolute atomic E-state index is 13.3. The van der Waals surface area contributed by atoms with Gasteiger partial charge in [0.1, 0.15) is 6.54 Å². The van der Waals surface area contributed by atoms with E-state index in [0.717, 1.165) is 43.3 Å². The van der Waals surface area contributed by atoms with Crippen molar-refractivity contribution in [1.29, 1.82) is 0 Å². The quantitative estimate of drug-likeness (QED) is 0.767. The van der Waals surface area contributed by atoms with E-state index in [1.165, 1.54) is 28.3 Å². The molecule has 1 saturated heterocycles. The lowest BCUT2D eigenvalue weighted by Crippen LogP contribution is -3.13. The van der Waals surface area contributed by atoms with Crippen LogP contribution in [0.15, 0.2) is 41.3 Å². The highest BCUT2D eigenvalue weighted by Gasteiger charge is 2.24. The highest BCUT2D eigenvalue weighted by Crippen LogP contribution is 2.32. The predicted octanol–water partition coefficient (Wildman–Crippen LogP) is 1.71. The first-order valence-corrected chi connectivity index (χ1v) is 10.1. The lowest BCUT2D eigenvalue weighted by molar-refractivity contribution is -0.917. The van der Waals surface area contributed by atoms with E-state index >= 15 is 0 Å². The number of thioether (sulfide) groups is 1. The van der Waals surface area contributed by atoms with Gasteiger partial charge in [0.25, 0.3) is 0 Å². The van der Waals surface area contributed by atoms with Gasteiger partial charge in [-0.2, -0.15) is 0 Å². The first kappa shape index (κ1) is 19.0. The molecular weight excluding hydrogens is 386 g/mol. The number of ether oxygens (including phenoxy) is 2. The van der Waals surface area contributed by atoms with E-state index in [9.17, 15) is 13.6 Å². The molecule has 1 fully saturated rings. The summed E-state index contributed by atoms with van der Waals surface area (Å²) >= 11 is 1.23. The molecule has 8 heteroatoms. The van der Waals surface area contributed by atoms with Crippen LogP contribution in [0.1, 0.15) is 5.56 Å². The van der Waals surface area contributed by atoms with Crippen molar-refractivity contribution in [3.63, 3.8) is 0 Å². The van der Waals surface area contributed by atoms with Gasteiger partial charge < -0.3 is 19.3 Å². The molecule has 2 aromatic carbocycles. The smallest absolute Gasteiger partial charge is 0.233 e. The lowest BCUT2D eigenvalue weighted by atomic mass is 10.1. The molecule has 2 aromatic rings. The molecule has 4 rings (SSSR count). The number of carbonyl (C=O) groups is 1. The van der Waals surface area contributed by atoms with Gasteiger partial charge >= 0.3 is 0 Å². The number of nitrogens with one attached hydrogen (secondary N) is 1. The molecular formula is C20H21F2N2O3S+. The summed E-state index contributed by atoms with van der Waals surface area (Å²) in [4.78, 5) is 16.2. The molecule has 5 nitrogen and oxygen atoms in total. The molecule has 0 bridgehead atoms. The first-order chi connectivity index (χ1) is 13.6. The van der Waals surface area contributed by atoms with Crippen LogP contribution in [0, 0.1) is 11.6 Å². The summed E-state index contributed by atoms with van der Waals surface area (Å²) in [6.45, 7) is 4.28. The third-order valence-electron chi connectivity index (χ3n) is 4.97. The number of carbonyl (C=O) groups excluding carboxylic acids is 1. The molecule has 1 amide bonds. The van der Waals surface area contributed by atoms with Gasteiger partial charge in [-0.15, -0.1) is 11.8 Å². The minimum absolute atomic E-state index is 0.0249. The summed E-state index contributed by atoms with van der Waals surface area (Å²) in [5.41, 5.74) is 1.19. The van der Waals surface area contributed by atoms with Crippen molar-refractivity contribution in [2.75, 3.05) is 38.7 Å². The second-order valence-electron chi connectivity index (χ2n) is 6.86. The van der Waals surface area contributed by atoms with Crippen LogP contribution < -0.4 is 14.4 Å². The SMILES string of the molecule is O=C(CSc1ccc(F)c(F)c1)N1CC[NH+](Cc2ccc3c(c2)OCO3)CC1. The molecule has 2 heterocycles. The molecule has 0 aliphatic carbocycles. The van der Waals surface area contributed by atoms with Gasteiger partial charge in [-0.05, 0) is 36.4 Å². The van der Waals surface area contributed by atoms with Crippen molar-refractivity contribution in [3.05, 3.63) is 53.6 Å². The van der Waals surface area contributed by atoms with Crippen LogP contribution >= 0.6 is 11.8 Å². The van der Waals surface area contributed by atoms with Crippen LogP contribution in [0.5, 0.6) is 11.5 Å². The Labute approximate surface area is 166 Å². The van der Waals surface area contributed by atoms with Gasteiger partial charge in [0.15, 0.2) is 23.1 Å². The average Bonchev–Trinajstić information content (AvgIpc) is 3.17. The summed E-state index contributed by atoms with van der Waals surface area (Å²) in [6, 6.07) is 9.71. The number of nitrogens with zero attached hydrogens (tertiary/aromatic N) is 1. The summed E-state index contributed by atoms with van der Waals surface area (Å²) in [5.74, 6) is 0.0581. The summed E-state index contributed by atoms with van der Waals surface area (Å²) in [5, 5.41) is 0. The molecule has 0 spiro atoms. The topological polar surface area (TPSA) is 43.2 Å². The molecule has 1 N–H and O–H groups in total. The number of fused-ring (bicyclic) bond motifs is 1. The van der Waals surface area contributed by atoms with Crippen molar-refractivity contribution in [1.82, 2.24) is 4.90 Å². The van der Waals surface area contributed by atoms with Gasteiger partial charge in [-0.25, -0.2) is 8.78 Å². The number of halogens is 2. The van der Waals surface area contributed by atoms with Crippen LogP contribution in [-0.2, 0) is 11.3 Å². The Morgan fingerprint density at radius 3 is 2.61 bits per heavy atom. The zero-order valence-corrected chi connectivity index (χ0v) is 16.1. The monoisotopic (exact) mass is 407 g/mol. The van der Waals surface area contributed by atoms with Gasteiger partial charge in [0.05, 0.1) is 31.9 Å². The van der Waals surface area contributed by atoms with Crippen molar-refractivity contribution in [2.24, 2.45) is 0 Å². The van der Waals surface area contributed by atoms with Crippen LogP contribution in [0.4, 0.5) is 8.78 Å². The fraction of sp³-hybridized carbons (Fsp3) is 0.350. The number of quaternary nitrogens is 1. The second-order valence-corrected chi connectivity index (χ2v) is 7.91. The van der Waals surface area contributed by atoms with Crippen LogP contribution in [0.2, 0.25) is 0 Å². The fourth-order valence-corrected chi connectivity index (χ4v) is 4.22. The molecule has 0 radical (unpaired) electrons. The molecule has 2 aliphatic rings. The zero-order valence-electron chi connectivity index (χ0n) is 15.2. The number of benzene rings is 2. The molecule has 0 saturated carbocycles. The Kier molecular flexibility index (Phi) is 5.68. The maximum Gasteiger partial charge on any atom is 0.233 e. The number of amides is 1. The number of piperazine rings is 1. The maximum atomic E-state index is 13.3. The Bertz CT molecular complexity index is 873. The van der Waals surface area contributed by atoms with Gasteiger partial charge in [-0.1, -0.05) is 0 Å². The van der Waals surface area contributed by atoms with E-state index in [4.69, 9.17) is 9.47 Å². The fourth-order valence-electron chi connectivity index (χ4n) is 3.39. The van der Waals surface area contributed by atoms with Crippen molar-refractivity contribution in [2.45, 2.75) is 11.4 Å². The summed E-state index contributed by atoms with van der Waals surface area (Å²) < 4.78 is 37.0. The third-order valence-corrected chi connectivity index (χ3v) is 5.95. The van der Waals surface area contributed by atoms with Crippen LogP contribution in [0.25, 0.3) is 0 Å². The molecule has 0 unspecified atom stereocenters. The Hall–Kier alpha value is -2.32. The Morgan fingerprint density at radius 2 is 1.82 bits per heavy atom. The number of hydrogen-bond acceptors (Lipinski definition) is 4. The van der Waals surface area contributed by atoms with Gasteiger partial charge in [0.2, 0.25) is 12.7 Å². The lowest BCUT2D eigenvalue weighted by Gasteiger charge is -2.32. The van der Waals surface area contributed by atoms with E-state index in [2.05, 4.69) is 6.07 Å². The Morgan fingerprint density at radius 1 is 1.04 bits per heavy atom. The normalized spacial score (nSPS) is 16.4. The minimum atomic E-state index is -0.891. The highest BCUT2D eigenvalue weighted by atomic mass is 32.2. The van der Waals surface area contributed by atoms with Gasteiger partial charge in [0, 0.05) is 10.5 Å². The van der Waals surface area contributed by atoms with E-state index in [1.807, 2.05) is 17.0 Å². The predicted molar refractivity (Wildman–Crippen MR) is 101 cm³/mol. The molecule has 0 aromatic heterocycles. The average molecular weight is 407 g/mol. The van der Waals surface area contributed by atoms with Crippen molar-refractivity contribution in [3.8, 4) is 11.5 Å². The minimum Gasteiger partial charge on any atom is -0.454 e. The molecule has 28 heavy (non-hydrogen) atoms. The Balaban J connectivity index is 1.24. The third kappa shape index (κ3) is 4.39. The largest absolute Gasteiger partial charge is 0.454 e. The van der Waals surface area contributed by atoms with Gasteiger partial charge in [-0.3, -0.25) is 4.79 Å². The summed E-state index contributed by atoms with van der Waals surface area (Å²) in [6.07, 6.45) is 0. The standard InChI is InChI=1S/C20H20F2N2O3S/c21-16-3-2-15(10-17(16)22)28-12-20(25)24-7-5-23(6-8-24)11-14-1-4-18-19(9-14)27-13-26-18/h1-4,9-10H,5-8,11-13H2/p+1. The molecule has 148 valence electrons. The second kappa shape index (κ2) is 8.36. The van der Waals surface area contributed by atoms with E-state index in [1.54, 1.807) is 0 Å². The van der Waals surface area contributed by atoms with E-state index in [0.29, 0.717) is 18.0 Å². The highest BCUT2D eigenvalue weighted by molar-refractivity contribution is 8.00. The van der Waals surface area contributed by atoms with Crippen molar-refractivity contribution < 1.29 is 27.9 Å². The van der Waals surface area contributed by atoms with E-state index < -0.39 is 11.6 Å². The van der Waals surface area contributed by atoms with E-state index in [-0.39, 0.29) is 18.5 Å². The van der Waals surface area contributed by atoms with Crippen LogP contribution in [-0.4, -0.2) is 49.5 Å². The summed E-state index contributed by atoms with van der Waals surface area (Å²) in [7, 11) is 0.